The smallest absolute Gasteiger partial charge is 0.494 e. The number of benzene rings is 2. The van der Waals surface area contributed by atoms with Crippen molar-refractivity contribution in [2.45, 2.75) is 12.4 Å². The molecule has 1 N–H and O–H groups in total. The molecule has 158 valence electrons. The molecular formula is C20H16F3NO4S2. The van der Waals surface area contributed by atoms with Gasteiger partial charge in [0.05, 0.1) is 11.5 Å². The van der Waals surface area contributed by atoms with Gasteiger partial charge in [0.25, 0.3) is 0 Å². The SMILES string of the molecule is CCOc1cccc(-c2ccc(C(=O)c3cccc(NS(=O)(=O)C(F)(F)F)c3)s2)c1. The Labute approximate surface area is 175 Å². The summed E-state index contributed by atoms with van der Waals surface area (Å²) in [5, 5.41) is 0. The second-order valence-corrected chi connectivity index (χ2v) is 8.84. The van der Waals surface area contributed by atoms with Gasteiger partial charge in [-0.05, 0) is 48.9 Å². The number of carbonyl (C=O) groups is 1. The lowest BCUT2D eigenvalue weighted by atomic mass is 10.1. The molecule has 0 radical (unpaired) electrons. The molecule has 0 saturated heterocycles. The molecule has 0 aliphatic heterocycles. The normalized spacial score (nSPS) is 11.9. The number of halogens is 3. The van der Waals surface area contributed by atoms with E-state index in [1.54, 1.807) is 12.1 Å². The molecule has 0 bridgehead atoms. The van der Waals surface area contributed by atoms with Gasteiger partial charge in [0.2, 0.25) is 5.78 Å². The van der Waals surface area contributed by atoms with Gasteiger partial charge in [-0.15, -0.1) is 11.3 Å². The molecule has 30 heavy (non-hydrogen) atoms. The molecule has 0 atom stereocenters. The van der Waals surface area contributed by atoms with E-state index in [0.29, 0.717) is 17.2 Å². The summed E-state index contributed by atoms with van der Waals surface area (Å²) >= 11 is 1.22. The number of carbonyl (C=O) groups excluding carboxylic acids is 1. The van der Waals surface area contributed by atoms with Crippen LogP contribution in [0.15, 0.2) is 60.7 Å². The summed E-state index contributed by atoms with van der Waals surface area (Å²) in [6.07, 6.45) is 0. The van der Waals surface area contributed by atoms with E-state index in [4.69, 9.17) is 4.74 Å². The summed E-state index contributed by atoms with van der Waals surface area (Å²) in [4.78, 5) is 13.9. The number of hydrogen-bond acceptors (Lipinski definition) is 5. The standard InChI is InChI=1S/C20H16F3NO4S2/c1-2-28-16-8-4-5-13(12-16)17-9-10-18(29-17)19(25)14-6-3-7-15(11-14)24-30(26,27)20(21,22)23/h3-12,24H,2H2,1H3. The van der Waals surface area contributed by atoms with E-state index in [-0.39, 0.29) is 11.3 Å². The number of nitrogens with one attached hydrogen (secondary N) is 1. The average molecular weight is 455 g/mol. The summed E-state index contributed by atoms with van der Waals surface area (Å²) in [6.45, 7) is 2.39. The number of sulfonamides is 1. The minimum absolute atomic E-state index is 0.0637. The zero-order valence-corrected chi connectivity index (χ0v) is 17.2. The number of hydrogen-bond donors (Lipinski definition) is 1. The third kappa shape index (κ3) is 4.82. The van der Waals surface area contributed by atoms with Crippen molar-refractivity contribution in [2.24, 2.45) is 0 Å². The predicted molar refractivity (Wildman–Crippen MR) is 109 cm³/mol. The molecule has 2 aromatic carbocycles. The van der Waals surface area contributed by atoms with E-state index in [1.165, 1.54) is 28.2 Å². The van der Waals surface area contributed by atoms with Gasteiger partial charge in [0.15, 0.2) is 0 Å². The maximum atomic E-state index is 12.8. The number of anilines is 1. The van der Waals surface area contributed by atoms with E-state index in [9.17, 15) is 26.4 Å². The Bertz CT molecular complexity index is 1170. The molecule has 0 amide bonds. The van der Waals surface area contributed by atoms with Gasteiger partial charge in [-0.25, -0.2) is 0 Å². The summed E-state index contributed by atoms with van der Waals surface area (Å²) in [6, 6.07) is 15.7. The van der Waals surface area contributed by atoms with Crippen LogP contribution in [0.2, 0.25) is 0 Å². The fourth-order valence-electron chi connectivity index (χ4n) is 2.60. The van der Waals surface area contributed by atoms with Crippen LogP contribution in [0.3, 0.4) is 0 Å². The van der Waals surface area contributed by atoms with Crippen molar-refractivity contribution < 1.29 is 31.1 Å². The van der Waals surface area contributed by atoms with E-state index < -0.39 is 21.3 Å². The molecule has 0 unspecified atom stereocenters. The largest absolute Gasteiger partial charge is 0.516 e. The monoisotopic (exact) mass is 455 g/mol. The van der Waals surface area contributed by atoms with E-state index in [0.717, 1.165) is 22.6 Å². The van der Waals surface area contributed by atoms with Crippen molar-refractivity contribution >= 4 is 32.8 Å². The van der Waals surface area contributed by atoms with Gasteiger partial charge in [-0.2, -0.15) is 21.6 Å². The number of ketones is 1. The van der Waals surface area contributed by atoms with Crippen LogP contribution < -0.4 is 9.46 Å². The minimum Gasteiger partial charge on any atom is -0.494 e. The van der Waals surface area contributed by atoms with Crippen LogP contribution >= 0.6 is 11.3 Å². The van der Waals surface area contributed by atoms with Crippen molar-refractivity contribution in [3.8, 4) is 16.2 Å². The first-order chi connectivity index (χ1) is 14.1. The van der Waals surface area contributed by atoms with Gasteiger partial charge in [-0.3, -0.25) is 9.52 Å². The van der Waals surface area contributed by atoms with Gasteiger partial charge in [0, 0.05) is 16.1 Å². The van der Waals surface area contributed by atoms with E-state index in [1.807, 2.05) is 31.2 Å². The number of alkyl halides is 3. The number of ether oxygens (including phenoxy) is 1. The van der Waals surface area contributed by atoms with Crippen LogP contribution in [0.25, 0.3) is 10.4 Å². The molecule has 3 aromatic rings. The summed E-state index contributed by atoms with van der Waals surface area (Å²) in [5.41, 5.74) is -4.88. The Morgan fingerprint density at radius 3 is 2.50 bits per heavy atom. The van der Waals surface area contributed by atoms with Crippen molar-refractivity contribution in [3.05, 3.63) is 71.1 Å². The minimum atomic E-state index is -5.57. The topological polar surface area (TPSA) is 72.5 Å². The van der Waals surface area contributed by atoms with E-state index in [2.05, 4.69) is 0 Å². The Morgan fingerprint density at radius 2 is 1.80 bits per heavy atom. The number of thiophene rings is 1. The Morgan fingerprint density at radius 1 is 1.07 bits per heavy atom. The molecule has 3 rings (SSSR count). The zero-order chi connectivity index (χ0) is 21.9. The van der Waals surface area contributed by atoms with Crippen LogP contribution in [0, 0.1) is 0 Å². The number of rotatable bonds is 7. The fourth-order valence-corrected chi connectivity index (χ4v) is 4.12. The maximum absolute atomic E-state index is 12.8. The van der Waals surface area contributed by atoms with Gasteiger partial charge >= 0.3 is 15.5 Å². The average Bonchev–Trinajstić information content (AvgIpc) is 3.17. The Kier molecular flexibility index (Phi) is 6.18. The molecule has 1 heterocycles. The van der Waals surface area contributed by atoms with Gasteiger partial charge in [-0.1, -0.05) is 24.3 Å². The fraction of sp³-hybridized carbons (Fsp3) is 0.150. The molecule has 10 heteroatoms. The van der Waals surface area contributed by atoms with Crippen LogP contribution in [0.5, 0.6) is 5.75 Å². The maximum Gasteiger partial charge on any atom is 0.516 e. The lowest BCUT2D eigenvalue weighted by molar-refractivity contribution is -0.0429. The quantitative estimate of drug-likeness (QED) is 0.491. The molecule has 0 spiro atoms. The third-order valence-corrected chi connectivity index (χ3v) is 6.19. The summed E-state index contributed by atoms with van der Waals surface area (Å²) in [5.74, 6) is 0.265. The van der Waals surface area contributed by atoms with Gasteiger partial charge < -0.3 is 4.74 Å². The molecule has 1 aromatic heterocycles. The highest BCUT2D eigenvalue weighted by Gasteiger charge is 2.46. The van der Waals surface area contributed by atoms with Crippen LogP contribution in [-0.2, 0) is 10.0 Å². The summed E-state index contributed by atoms with van der Waals surface area (Å²) in [7, 11) is -5.57. The first-order valence-corrected chi connectivity index (χ1v) is 11.0. The van der Waals surface area contributed by atoms with Crippen molar-refractivity contribution in [2.75, 3.05) is 11.3 Å². The second kappa shape index (κ2) is 8.49. The third-order valence-electron chi connectivity index (χ3n) is 3.94. The van der Waals surface area contributed by atoms with Crippen LogP contribution in [0.4, 0.5) is 18.9 Å². The van der Waals surface area contributed by atoms with E-state index >= 15 is 0 Å². The molecule has 0 aliphatic carbocycles. The molecular weight excluding hydrogens is 439 g/mol. The first-order valence-electron chi connectivity index (χ1n) is 8.67. The molecule has 0 aliphatic rings. The highest BCUT2D eigenvalue weighted by molar-refractivity contribution is 7.93. The van der Waals surface area contributed by atoms with Crippen LogP contribution in [0.1, 0.15) is 22.2 Å². The van der Waals surface area contributed by atoms with Gasteiger partial charge in [0.1, 0.15) is 5.75 Å². The van der Waals surface area contributed by atoms with Crippen LogP contribution in [-0.4, -0.2) is 26.3 Å². The molecule has 0 saturated carbocycles. The summed E-state index contributed by atoms with van der Waals surface area (Å²) < 4.78 is 67.1. The lowest BCUT2D eigenvalue weighted by Gasteiger charge is -2.11. The van der Waals surface area contributed by atoms with Crippen molar-refractivity contribution in [1.29, 1.82) is 0 Å². The predicted octanol–water partition coefficient (Wildman–Crippen LogP) is 5.31. The molecule has 0 fully saturated rings. The first kappa shape index (κ1) is 21.8. The second-order valence-electron chi connectivity index (χ2n) is 6.09. The Hall–Kier alpha value is -2.85. The van der Waals surface area contributed by atoms with Crippen molar-refractivity contribution in [1.82, 2.24) is 0 Å². The Balaban J connectivity index is 1.84. The highest BCUT2D eigenvalue weighted by Crippen LogP contribution is 2.32. The van der Waals surface area contributed by atoms with Crippen molar-refractivity contribution in [3.63, 3.8) is 0 Å². The highest BCUT2D eigenvalue weighted by atomic mass is 32.2. The lowest BCUT2D eigenvalue weighted by Crippen LogP contribution is -2.29. The zero-order valence-electron chi connectivity index (χ0n) is 15.6. The molecule has 5 nitrogen and oxygen atoms in total.